The van der Waals surface area contributed by atoms with E-state index in [-0.39, 0.29) is 0 Å². The number of carbonyl (C=O) groups excluding carboxylic acids is 3. The fourth-order valence-corrected chi connectivity index (χ4v) is 4.33. The highest BCUT2D eigenvalue weighted by Gasteiger charge is 2.49. The van der Waals surface area contributed by atoms with Crippen molar-refractivity contribution in [3.8, 4) is 5.69 Å². The van der Waals surface area contributed by atoms with Crippen molar-refractivity contribution in [2.45, 2.75) is 26.3 Å². The van der Waals surface area contributed by atoms with E-state index < -0.39 is 29.9 Å². The lowest BCUT2D eigenvalue weighted by atomic mass is 9.90. The number of nitrogens with one attached hydrogen (secondary N) is 2. The molecular formula is C27H25N5O3. The molecule has 1 aliphatic heterocycles. The van der Waals surface area contributed by atoms with Gasteiger partial charge in [0.25, 0.3) is 5.91 Å². The summed E-state index contributed by atoms with van der Waals surface area (Å²) in [7, 11) is 0. The van der Waals surface area contributed by atoms with Crippen LogP contribution in [0.15, 0.2) is 72.8 Å². The average Bonchev–Trinajstić information content (AvgIpc) is 3.31. The monoisotopic (exact) mass is 467 g/mol. The van der Waals surface area contributed by atoms with Crippen LogP contribution < -0.4 is 10.6 Å². The number of imide groups is 1. The van der Waals surface area contributed by atoms with Gasteiger partial charge in [-0.25, -0.2) is 9.48 Å². The third-order valence-electron chi connectivity index (χ3n) is 6.28. The molecule has 5 rings (SSSR count). The number of hydrogen-bond acceptors (Lipinski definition) is 4. The van der Waals surface area contributed by atoms with Gasteiger partial charge in [-0.1, -0.05) is 54.1 Å². The third kappa shape index (κ3) is 4.03. The molecule has 4 amide bonds. The van der Waals surface area contributed by atoms with E-state index in [2.05, 4.69) is 15.7 Å². The highest BCUT2D eigenvalue weighted by Crippen LogP contribution is 2.31. The molecule has 1 aromatic heterocycles. The summed E-state index contributed by atoms with van der Waals surface area (Å²) in [4.78, 5) is 39.9. The van der Waals surface area contributed by atoms with Gasteiger partial charge in [0.05, 0.1) is 11.4 Å². The Morgan fingerprint density at radius 3 is 2.43 bits per heavy atom. The van der Waals surface area contributed by atoms with E-state index in [1.54, 1.807) is 17.7 Å². The standard InChI is InChI=1S/C27H25N5O3/c1-17-8-12-22(13-9-17)32-23(14-18(2)30-32)28-24(33)16-31-25(34)27(3,29-26(31)35)21-11-10-19-6-4-5-7-20(19)15-21/h4-15H,16H2,1-3H3,(H,28,33)(H,29,35). The fourth-order valence-electron chi connectivity index (χ4n) is 4.33. The molecule has 3 aromatic carbocycles. The van der Waals surface area contributed by atoms with Gasteiger partial charge in [0.15, 0.2) is 0 Å². The zero-order valence-corrected chi connectivity index (χ0v) is 19.7. The number of anilines is 1. The van der Waals surface area contributed by atoms with Crippen LogP contribution in [0.2, 0.25) is 0 Å². The Morgan fingerprint density at radius 1 is 0.971 bits per heavy atom. The molecule has 0 aliphatic carbocycles. The van der Waals surface area contributed by atoms with E-state index in [1.165, 1.54) is 0 Å². The maximum absolute atomic E-state index is 13.3. The second kappa shape index (κ2) is 8.39. The molecule has 0 radical (unpaired) electrons. The Hall–Kier alpha value is -4.46. The molecule has 8 heteroatoms. The fraction of sp³-hybridized carbons (Fsp3) is 0.185. The Bertz CT molecular complexity index is 1470. The maximum Gasteiger partial charge on any atom is 0.325 e. The predicted octanol–water partition coefficient (Wildman–Crippen LogP) is 4.05. The smallest absolute Gasteiger partial charge is 0.319 e. The molecule has 35 heavy (non-hydrogen) atoms. The molecule has 1 aliphatic rings. The molecule has 176 valence electrons. The molecule has 1 atom stereocenters. The number of hydrogen-bond donors (Lipinski definition) is 2. The minimum Gasteiger partial charge on any atom is -0.319 e. The molecule has 2 heterocycles. The molecule has 1 unspecified atom stereocenters. The van der Waals surface area contributed by atoms with Crippen molar-refractivity contribution >= 4 is 34.4 Å². The van der Waals surface area contributed by atoms with Gasteiger partial charge in [-0.05, 0) is 55.3 Å². The topological polar surface area (TPSA) is 96.3 Å². The molecule has 4 aromatic rings. The Balaban J connectivity index is 1.35. The van der Waals surface area contributed by atoms with E-state index in [1.807, 2.05) is 80.6 Å². The van der Waals surface area contributed by atoms with Crippen molar-refractivity contribution in [1.29, 1.82) is 0 Å². The second-order valence-electron chi connectivity index (χ2n) is 8.97. The van der Waals surface area contributed by atoms with Gasteiger partial charge in [-0.2, -0.15) is 5.10 Å². The van der Waals surface area contributed by atoms with Crippen molar-refractivity contribution in [2.75, 3.05) is 11.9 Å². The SMILES string of the molecule is Cc1ccc(-n2nc(C)cc2NC(=O)CN2C(=O)NC(C)(c3ccc4ccccc4c3)C2=O)cc1. The first-order valence-corrected chi connectivity index (χ1v) is 11.3. The van der Waals surface area contributed by atoms with Crippen LogP contribution in [0.4, 0.5) is 10.6 Å². The number of urea groups is 1. The number of fused-ring (bicyclic) bond motifs is 1. The van der Waals surface area contributed by atoms with Crippen molar-refractivity contribution in [1.82, 2.24) is 20.0 Å². The molecule has 0 spiro atoms. The number of benzene rings is 3. The normalized spacial score (nSPS) is 17.6. The van der Waals surface area contributed by atoms with Crippen molar-refractivity contribution in [3.63, 3.8) is 0 Å². The zero-order valence-electron chi connectivity index (χ0n) is 19.7. The number of nitrogens with zero attached hydrogens (tertiary/aromatic N) is 3. The van der Waals surface area contributed by atoms with Crippen LogP contribution in [0.3, 0.4) is 0 Å². The maximum atomic E-state index is 13.3. The lowest BCUT2D eigenvalue weighted by Gasteiger charge is -2.22. The van der Waals surface area contributed by atoms with E-state index in [0.717, 1.165) is 32.6 Å². The summed E-state index contributed by atoms with van der Waals surface area (Å²) in [5.74, 6) is -0.513. The molecule has 1 saturated heterocycles. The van der Waals surface area contributed by atoms with Gasteiger partial charge >= 0.3 is 6.03 Å². The Kier molecular flexibility index (Phi) is 5.36. The minimum atomic E-state index is -1.26. The van der Waals surface area contributed by atoms with Crippen LogP contribution in [0.25, 0.3) is 16.5 Å². The average molecular weight is 468 g/mol. The van der Waals surface area contributed by atoms with E-state index in [9.17, 15) is 14.4 Å². The van der Waals surface area contributed by atoms with Crippen molar-refractivity contribution in [2.24, 2.45) is 0 Å². The molecule has 0 bridgehead atoms. The molecular weight excluding hydrogens is 442 g/mol. The second-order valence-corrected chi connectivity index (χ2v) is 8.97. The first kappa shape index (κ1) is 22.3. The largest absolute Gasteiger partial charge is 0.325 e. The summed E-state index contributed by atoms with van der Waals surface area (Å²) in [5.41, 5.74) is 2.01. The van der Waals surface area contributed by atoms with Gasteiger partial charge in [-0.3, -0.25) is 14.5 Å². The molecule has 1 fully saturated rings. The van der Waals surface area contributed by atoms with Crippen LogP contribution in [0.5, 0.6) is 0 Å². The van der Waals surface area contributed by atoms with Crippen molar-refractivity contribution in [3.05, 3.63) is 89.6 Å². The molecule has 0 saturated carbocycles. The summed E-state index contributed by atoms with van der Waals surface area (Å²) >= 11 is 0. The van der Waals surface area contributed by atoms with E-state index in [4.69, 9.17) is 0 Å². The van der Waals surface area contributed by atoms with Gasteiger partial charge < -0.3 is 10.6 Å². The molecule has 8 nitrogen and oxygen atoms in total. The summed E-state index contributed by atoms with van der Waals surface area (Å²) in [6.07, 6.45) is 0. The van der Waals surface area contributed by atoms with E-state index >= 15 is 0 Å². The van der Waals surface area contributed by atoms with Crippen LogP contribution in [0, 0.1) is 13.8 Å². The highest BCUT2D eigenvalue weighted by molar-refractivity contribution is 6.10. The lowest BCUT2D eigenvalue weighted by Crippen LogP contribution is -2.42. The van der Waals surface area contributed by atoms with Crippen molar-refractivity contribution < 1.29 is 14.4 Å². The summed E-state index contributed by atoms with van der Waals surface area (Å²) < 4.78 is 1.62. The quantitative estimate of drug-likeness (QED) is 0.433. The van der Waals surface area contributed by atoms with Gasteiger partial charge in [0.1, 0.15) is 17.9 Å². The number of rotatable bonds is 5. The van der Waals surface area contributed by atoms with E-state index in [0.29, 0.717) is 11.4 Å². The number of aryl methyl sites for hydroxylation is 2. The van der Waals surface area contributed by atoms with Crippen LogP contribution in [-0.4, -0.2) is 39.1 Å². The Labute approximate surface area is 202 Å². The predicted molar refractivity (Wildman–Crippen MR) is 133 cm³/mol. The first-order chi connectivity index (χ1) is 16.7. The summed E-state index contributed by atoms with van der Waals surface area (Å²) in [5, 5.41) is 12.0. The van der Waals surface area contributed by atoms with Gasteiger partial charge in [-0.15, -0.1) is 0 Å². The summed E-state index contributed by atoms with van der Waals surface area (Å²) in [6, 6.07) is 22.3. The zero-order chi connectivity index (χ0) is 24.7. The lowest BCUT2D eigenvalue weighted by molar-refractivity contribution is -0.133. The van der Waals surface area contributed by atoms with Crippen LogP contribution in [0.1, 0.15) is 23.7 Å². The van der Waals surface area contributed by atoms with Gasteiger partial charge in [0.2, 0.25) is 5.91 Å². The first-order valence-electron chi connectivity index (χ1n) is 11.3. The number of aromatic nitrogens is 2. The Morgan fingerprint density at radius 2 is 1.69 bits per heavy atom. The van der Waals surface area contributed by atoms with Crippen LogP contribution in [-0.2, 0) is 15.1 Å². The number of carbonyl (C=O) groups is 3. The number of amides is 4. The minimum absolute atomic E-state index is 0.411. The molecule has 2 N–H and O–H groups in total. The third-order valence-corrected chi connectivity index (χ3v) is 6.28. The summed E-state index contributed by atoms with van der Waals surface area (Å²) in [6.45, 7) is 5.06. The van der Waals surface area contributed by atoms with Gasteiger partial charge in [0, 0.05) is 6.07 Å². The highest BCUT2D eigenvalue weighted by atomic mass is 16.2. The van der Waals surface area contributed by atoms with Crippen LogP contribution >= 0.6 is 0 Å².